The van der Waals surface area contributed by atoms with Crippen LogP contribution in [-0.4, -0.2) is 49.2 Å². The molecule has 3 atom stereocenters. The zero-order valence-electron chi connectivity index (χ0n) is 11.1. The summed E-state index contributed by atoms with van der Waals surface area (Å²) in [6, 6.07) is 0. The van der Waals surface area contributed by atoms with Gasteiger partial charge in [-0.3, -0.25) is 9.69 Å². The Hall–Kier alpha value is -0.610. The number of hydrogen-bond donors (Lipinski definition) is 1. The van der Waals surface area contributed by atoms with E-state index < -0.39 is 0 Å². The van der Waals surface area contributed by atoms with Gasteiger partial charge in [0.2, 0.25) is 5.91 Å². The maximum absolute atomic E-state index is 12.1. The molecule has 2 saturated heterocycles. The number of carbonyl (C=O) groups excluding carboxylic acids is 1. The Kier molecular flexibility index (Phi) is 4.05. The Balaban J connectivity index is 1.88. The summed E-state index contributed by atoms with van der Waals surface area (Å²) in [6.07, 6.45) is 1.27. The molecule has 2 rings (SSSR count). The summed E-state index contributed by atoms with van der Waals surface area (Å²) in [5, 5.41) is 3.03. The fraction of sp³-hybridized carbons (Fsp3) is 0.923. The second-order valence-electron chi connectivity index (χ2n) is 5.63. The van der Waals surface area contributed by atoms with Gasteiger partial charge >= 0.3 is 0 Å². The first-order valence-electron chi connectivity index (χ1n) is 6.75. The first kappa shape index (κ1) is 12.8. The highest BCUT2D eigenvalue weighted by atomic mass is 16.5. The normalized spacial score (nSPS) is 33.1. The summed E-state index contributed by atoms with van der Waals surface area (Å²) < 4.78 is 5.87. The highest BCUT2D eigenvalue weighted by Gasteiger charge is 2.44. The average molecular weight is 240 g/mol. The number of carbonyl (C=O) groups is 1. The van der Waals surface area contributed by atoms with Crippen LogP contribution in [0.3, 0.4) is 0 Å². The Morgan fingerprint density at radius 2 is 2.24 bits per heavy atom. The Morgan fingerprint density at radius 1 is 1.47 bits per heavy atom. The molecule has 0 aliphatic carbocycles. The monoisotopic (exact) mass is 240 g/mol. The third kappa shape index (κ3) is 2.99. The lowest BCUT2D eigenvalue weighted by atomic mass is 9.99. The maximum atomic E-state index is 12.1. The summed E-state index contributed by atoms with van der Waals surface area (Å²) in [4.78, 5) is 14.5. The summed E-state index contributed by atoms with van der Waals surface area (Å²) in [5.41, 5.74) is 0. The lowest BCUT2D eigenvalue weighted by Crippen LogP contribution is -2.45. The minimum absolute atomic E-state index is 0.0651. The van der Waals surface area contributed by atoms with Crippen LogP contribution >= 0.6 is 0 Å². The van der Waals surface area contributed by atoms with Crippen LogP contribution in [0.25, 0.3) is 0 Å². The molecule has 0 aromatic heterocycles. The van der Waals surface area contributed by atoms with E-state index in [0.29, 0.717) is 5.92 Å². The van der Waals surface area contributed by atoms with Crippen molar-refractivity contribution in [1.29, 1.82) is 0 Å². The van der Waals surface area contributed by atoms with E-state index in [1.165, 1.54) is 0 Å². The molecule has 4 heteroatoms. The third-order valence-corrected chi connectivity index (χ3v) is 3.70. The van der Waals surface area contributed by atoms with Gasteiger partial charge in [0.15, 0.2) is 0 Å². The van der Waals surface area contributed by atoms with Crippen LogP contribution in [0.2, 0.25) is 0 Å². The van der Waals surface area contributed by atoms with Crippen molar-refractivity contribution in [2.24, 2.45) is 11.8 Å². The summed E-state index contributed by atoms with van der Waals surface area (Å²) >= 11 is 0. The predicted octanol–water partition coefficient (Wildman–Crippen LogP) is 0.868. The van der Waals surface area contributed by atoms with E-state index in [4.69, 9.17) is 4.74 Å². The van der Waals surface area contributed by atoms with Crippen molar-refractivity contribution in [2.45, 2.75) is 39.4 Å². The van der Waals surface area contributed by atoms with Crippen molar-refractivity contribution in [3.8, 4) is 0 Å². The topological polar surface area (TPSA) is 41.6 Å². The molecule has 0 unspecified atom stereocenters. The molecule has 4 nitrogen and oxygen atoms in total. The number of morpholine rings is 1. The zero-order valence-corrected chi connectivity index (χ0v) is 11.1. The standard InChI is InChI=1S/C13H24N2O2/c1-4-15-7-10-5-11(12(8-15)17-10)13(16)14-6-9(2)3/h9-12H,4-8H2,1-3H3,(H,14,16)/t10-,11+,12-/m1/s1. The van der Waals surface area contributed by atoms with Gasteiger partial charge in [-0.15, -0.1) is 0 Å². The van der Waals surface area contributed by atoms with Crippen LogP contribution in [0.5, 0.6) is 0 Å². The molecular formula is C13H24N2O2. The number of likely N-dealkylation sites (tertiary alicyclic amines) is 1. The van der Waals surface area contributed by atoms with Crippen molar-refractivity contribution in [1.82, 2.24) is 10.2 Å². The van der Waals surface area contributed by atoms with Gasteiger partial charge in [0.25, 0.3) is 0 Å². The molecule has 1 N–H and O–H groups in total. The second-order valence-corrected chi connectivity index (χ2v) is 5.63. The van der Waals surface area contributed by atoms with Gasteiger partial charge in [0.1, 0.15) is 0 Å². The molecule has 0 saturated carbocycles. The predicted molar refractivity (Wildman–Crippen MR) is 66.7 cm³/mol. The van der Waals surface area contributed by atoms with Crippen molar-refractivity contribution < 1.29 is 9.53 Å². The first-order valence-corrected chi connectivity index (χ1v) is 6.75. The molecule has 0 aromatic rings. The van der Waals surface area contributed by atoms with Crippen molar-refractivity contribution in [3.63, 3.8) is 0 Å². The number of nitrogens with zero attached hydrogens (tertiary/aromatic N) is 1. The van der Waals surface area contributed by atoms with Crippen molar-refractivity contribution >= 4 is 5.91 Å². The lowest BCUT2D eigenvalue weighted by molar-refractivity contribution is -0.128. The Bertz CT molecular complexity index is 281. The number of ether oxygens (including phenoxy) is 1. The largest absolute Gasteiger partial charge is 0.371 e. The Labute approximate surface area is 104 Å². The first-order chi connectivity index (χ1) is 8.10. The van der Waals surface area contributed by atoms with E-state index in [9.17, 15) is 4.79 Å². The molecule has 0 spiro atoms. The number of fused-ring (bicyclic) bond motifs is 2. The number of rotatable bonds is 4. The van der Waals surface area contributed by atoms with Gasteiger partial charge in [0.05, 0.1) is 18.1 Å². The molecule has 2 aliphatic heterocycles. The van der Waals surface area contributed by atoms with Gasteiger partial charge in [0, 0.05) is 19.6 Å². The highest BCUT2D eigenvalue weighted by molar-refractivity contribution is 5.79. The molecule has 0 radical (unpaired) electrons. The molecule has 2 aliphatic rings. The highest BCUT2D eigenvalue weighted by Crippen LogP contribution is 2.31. The molecule has 2 heterocycles. The number of nitrogens with one attached hydrogen (secondary N) is 1. The van der Waals surface area contributed by atoms with Gasteiger partial charge in [-0.05, 0) is 18.9 Å². The van der Waals surface area contributed by atoms with E-state index >= 15 is 0 Å². The van der Waals surface area contributed by atoms with Crippen LogP contribution in [0, 0.1) is 11.8 Å². The lowest BCUT2D eigenvalue weighted by Gasteiger charge is -2.31. The quantitative estimate of drug-likeness (QED) is 0.793. The maximum Gasteiger partial charge on any atom is 0.225 e. The SMILES string of the molecule is CCN1C[C@H]2C[C@H](C(=O)NCC(C)C)[C@@H](C1)O2. The van der Waals surface area contributed by atoms with Gasteiger partial charge in [-0.2, -0.15) is 0 Å². The molecule has 98 valence electrons. The molecule has 17 heavy (non-hydrogen) atoms. The van der Waals surface area contributed by atoms with E-state index in [1.807, 2.05) is 0 Å². The van der Waals surface area contributed by atoms with E-state index in [0.717, 1.165) is 32.6 Å². The molecule has 1 amide bonds. The van der Waals surface area contributed by atoms with Crippen molar-refractivity contribution in [3.05, 3.63) is 0 Å². The second kappa shape index (κ2) is 5.36. The van der Waals surface area contributed by atoms with Crippen LogP contribution in [0.15, 0.2) is 0 Å². The number of amides is 1. The van der Waals surface area contributed by atoms with Gasteiger partial charge in [-0.25, -0.2) is 0 Å². The molecule has 2 fully saturated rings. The van der Waals surface area contributed by atoms with E-state index in [2.05, 4.69) is 31.0 Å². The summed E-state index contributed by atoms with van der Waals surface area (Å²) in [7, 11) is 0. The van der Waals surface area contributed by atoms with Crippen LogP contribution in [-0.2, 0) is 9.53 Å². The summed E-state index contributed by atoms with van der Waals surface area (Å²) in [6.45, 7) is 10.1. The molecular weight excluding hydrogens is 216 g/mol. The fourth-order valence-electron chi connectivity index (χ4n) is 2.71. The van der Waals surface area contributed by atoms with Gasteiger partial charge < -0.3 is 10.1 Å². The number of hydrogen-bond acceptors (Lipinski definition) is 3. The average Bonchev–Trinajstić information content (AvgIpc) is 2.61. The smallest absolute Gasteiger partial charge is 0.225 e. The number of likely N-dealkylation sites (N-methyl/N-ethyl adjacent to an activating group) is 1. The molecule has 2 bridgehead atoms. The minimum atomic E-state index is 0.0651. The Morgan fingerprint density at radius 3 is 2.88 bits per heavy atom. The van der Waals surface area contributed by atoms with Crippen LogP contribution in [0.4, 0.5) is 0 Å². The van der Waals surface area contributed by atoms with Crippen LogP contribution in [0.1, 0.15) is 27.2 Å². The van der Waals surface area contributed by atoms with Crippen molar-refractivity contribution in [2.75, 3.05) is 26.2 Å². The zero-order chi connectivity index (χ0) is 12.4. The van der Waals surface area contributed by atoms with E-state index in [1.54, 1.807) is 0 Å². The van der Waals surface area contributed by atoms with Gasteiger partial charge in [-0.1, -0.05) is 20.8 Å². The molecule has 0 aromatic carbocycles. The van der Waals surface area contributed by atoms with Crippen LogP contribution < -0.4 is 5.32 Å². The minimum Gasteiger partial charge on any atom is -0.371 e. The van der Waals surface area contributed by atoms with E-state index in [-0.39, 0.29) is 24.0 Å². The fourth-order valence-corrected chi connectivity index (χ4v) is 2.71. The third-order valence-electron chi connectivity index (χ3n) is 3.70. The summed E-state index contributed by atoms with van der Waals surface area (Å²) in [5.74, 6) is 0.757.